The van der Waals surface area contributed by atoms with Crippen LogP contribution in [0.5, 0.6) is 0 Å². The van der Waals surface area contributed by atoms with Gasteiger partial charge in [-0.05, 0) is 13.8 Å². The molecule has 0 unspecified atom stereocenters. The molecule has 0 fully saturated rings. The number of hydrogen-bond donors (Lipinski definition) is 0. The topological polar surface area (TPSA) is 0 Å². The summed E-state index contributed by atoms with van der Waals surface area (Å²) in [6, 6.07) is 10.5. The monoisotopic (exact) mass is 196 g/mol. The molecule has 0 radical (unpaired) electrons. The highest BCUT2D eigenvalue weighted by Gasteiger charge is 1.96. The molecule has 0 saturated heterocycles. The lowest BCUT2D eigenvalue weighted by Crippen LogP contribution is -2.14. The van der Waals surface area contributed by atoms with Crippen molar-refractivity contribution in [3.63, 3.8) is 0 Å². The summed E-state index contributed by atoms with van der Waals surface area (Å²) in [5, 5.41) is 0. The van der Waals surface area contributed by atoms with Gasteiger partial charge in [-0.15, -0.1) is 0 Å². The van der Waals surface area contributed by atoms with Gasteiger partial charge in [-0.3, -0.25) is 0 Å². The fourth-order valence-corrected chi connectivity index (χ4v) is 1.44. The molecule has 0 aliphatic rings. The molecule has 1 heteroatoms. The van der Waals surface area contributed by atoms with E-state index in [1.54, 1.807) is 0 Å². The van der Waals surface area contributed by atoms with Crippen LogP contribution >= 0.6 is 0 Å². The fourth-order valence-electron chi connectivity index (χ4n) is 1.44. The summed E-state index contributed by atoms with van der Waals surface area (Å²) < 4.78 is 0. The normalized spacial score (nSPS) is 12.5. The first kappa shape index (κ1) is 11.6. The van der Waals surface area contributed by atoms with Gasteiger partial charge in [-0.2, -0.15) is 0 Å². The molecule has 0 spiro atoms. The Labute approximate surface area is 93.3 Å². The summed E-state index contributed by atoms with van der Waals surface area (Å²) >= 11 is 0. The molecule has 0 N–H and O–H groups in total. The molecule has 0 nitrogen and oxygen atoms in total. The van der Waals surface area contributed by atoms with Gasteiger partial charge in [0.2, 0.25) is 0 Å². The molecule has 1 rings (SSSR count). The lowest BCUT2D eigenvalue weighted by Gasteiger charge is -1.99. The summed E-state index contributed by atoms with van der Waals surface area (Å²) in [4.78, 5) is 0. The number of allylic oxidation sites excluding steroid dienone is 6. The molecule has 0 bridgehead atoms. The second-order valence-corrected chi connectivity index (χ2v) is 3.43. The van der Waals surface area contributed by atoms with Crippen LogP contribution in [0.15, 0.2) is 66.2 Å². The third-order valence-electron chi connectivity index (χ3n) is 2.13. The Balaban J connectivity index is 2.76. The van der Waals surface area contributed by atoms with Gasteiger partial charge in [0.15, 0.2) is 7.28 Å². The van der Waals surface area contributed by atoms with Crippen LogP contribution in [0.25, 0.3) is 0 Å². The average molecular weight is 196 g/mol. The zero-order valence-electron chi connectivity index (χ0n) is 9.48. The van der Waals surface area contributed by atoms with E-state index in [0.717, 1.165) is 7.28 Å². The van der Waals surface area contributed by atoms with Crippen molar-refractivity contribution in [2.24, 2.45) is 0 Å². The Kier molecular flexibility index (Phi) is 5.31. The van der Waals surface area contributed by atoms with Gasteiger partial charge in [-0.25, -0.2) is 0 Å². The first-order valence-corrected chi connectivity index (χ1v) is 5.35. The highest BCUT2D eigenvalue weighted by atomic mass is 13.8. The Hall–Kier alpha value is -1.50. The molecule has 76 valence electrons. The molecule has 0 aliphatic carbocycles. The van der Waals surface area contributed by atoms with E-state index in [-0.39, 0.29) is 0 Å². The van der Waals surface area contributed by atoms with Gasteiger partial charge >= 0.3 is 0 Å². The predicted octanol–water partition coefficient (Wildman–Crippen LogP) is 2.78. The van der Waals surface area contributed by atoms with Crippen molar-refractivity contribution in [2.75, 3.05) is 0 Å². The summed E-state index contributed by atoms with van der Waals surface area (Å²) in [7, 11) is 0.996. The van der Waals surface area contributed by atoms with Crippen molar-refractivity contribution in [3.05, 3.63) is 66.2 Å². The minimum absolute atomic E-state index is 0.996. The van der Waals surface area contributed by atoms with E-state index < -0.39 is 0 Å². The quantitative estimate of drug-likeness (QED) is 0.513. The van der Waals surface area contributed by atoms with Gasteiger partial charge in [0.25, 0.3) is 0 Å². The van der Waals surface area contributed by atoms with Crippen molar-refractivity contribution in [2.45, 2.75) is 13.8 Å². The third-order valence-corrected chi connectivity index (χ3v) is 2.13. The Bertz CT molecular complexity index is 358. The van der Waals surface area contributed by atoms with Crippen molar-refractivity contribution in [3.8, 4) is 0 Å². The summed E-state index contributed by atoms with van der Waals surface area (Å²) in [6.45, 7) is 4.08. The molecule has 1 aromatic carbocycles. The Morgan fingerprint density at radius 2 is 1.80 bits per heavy atom. The zero-order valence-corrected chi connectivity index (χ0v) is 9.48. The Morgan fingerprint density at radius 1 is 1.07 bits per heavy atom. The Morgan fingerprint density at radius 3 is 2.40 bits per heavy atom. The predicted molar refractivity (Wildman–Crippen MR) is 70.9 cm³/mol. The molecule has 1 aromatic rings. The highest BCUT2D eigenvalue weighted by Crippen LogP contribution is 1.96. The smallest absolute Gasteiger partial charge is 0.0882 e. The van der Waals surface area contributed by atoms with Gasteiger partial charge in [0.05, 0.1) is 0 Å². The third kappa shape index (κ3) is 4.50. The molecule has 0 amide bonds. The molecule has 0 aromatic heterocycles. The van der Waals surface area contributed by atoms with Gasteiger partial charge in [0.1, 0.15) is 0 Å². The second kappa shape index (κ2) is 6.89. The molecular weight excluding hydrogens is 179 g/mol. The van der Waals surface area contributed by atoms with E-state index in [2.05, 4.69) is 67.6 Å². The van der Waals surface area contributed by atoms with Crippen LogP contribution in [0.3, 0.4) is 0 Å². The van der Waals surface area contributed by atoms with Crippen molar-refractivity contribution in [1.82, 2.24) is 0 Å². The molecular formula is C14H17B. The van der Waals surface area contributed by atoms with Crippen molar-refractivity contribution < 1.29 is 0 Å². The largest absolute Gasteiger partial charge is 0.192 e. The average Bonchev–Trinajstić information content (AvgIpc) is 2.28. The summed E-state index contributed by atoms with van der Waals surface area (Å²) in [6.07, 6.45) is 10.5. The van der Waals surface area contributed by atoms with Crippen molar-refractivity contribution in [1.29, 1.82) is 0 Å². The fraction of sp³-hybridized carbons (Fsp3) is 0.143. The van der Waals surface area contributed by atoms with E-state index in [1.165, 1.54) is 10.9 Å². The van der Waals surface area contributed by atoms with Crippen molar-refractivity contribution >= 4 is 12.7 Å². The van der Waals surface area contributed by atoms with E-state index >= 15 is 0 Å². The highest BCUT2D eigenvalue weighted by molar-refractivity contribution is 6.61. The molecule has 0 saturated carbocycles. The van der Waals surface area contributed by atoms with E-state index in [4.69, 9.17) is 0 Å². The van der Waals surface area contributed by atoms with Crippen LogP contribution in [0.1, 0.15) is 13.8 Å². The maximum Gasteiger partial charge on any atom is 0.192 e. The van der Waals surface area contributed by atoms with Crippen LogP contribution in [0.4, 0.5) is 0 Å². The van der Waals surface area contributed by atoms with Gasteiger partial charge in [-0.1, -0.05) is 71.6 Å². The first-order chi connectivity index (χ1) is 7.36. The molecule has 0 atom stereocenters. The second-order valence-electron chi connectivity index (χ2n) is 3.43. The van der Waals surface area contributed by atoms with Gasteiger partial charge in [0, 0.05) is 0 Å². The van der Waals surface area contributed by atoms with Crippen LogP contribution < -0.4 is 5.46 Å². The van der Waals surface area contributed by atoms with E-state index in [1.807, 2.05) is 6.92 Å². The lowest BCUT2D eigenvalue weighted by atomic mass is 9.63. The van der Waals surface area contributed by atoms with E-state index in [0.29, 0.717) is 0 Å². The number of rotatable bonds is 4. The summed E-state index contributed by atoms with van der Waals surface area (Å²) in [5.74, 6) is 0. The minimum atomic E-state index is 0.996. The maximum atomic E-state index is 2.16. The maximum absolute atomic E-state index is 2.16. The molecule has 0 aliphatic heterocycles. The summed E-state index contributed by atoms with van der Waals surface area (Å²) in [5.41, 5.74) is 2.69. The van der Waals surface area contributed by atoms with Gasteiger partial charge < -0.3 is 0 Å². The standard InChI is InChI=1S/C14H17B/c1-3-5-10-13(9-4-2)15-14-11-7-6-8-12-14/h3-12,15H,1-2H3/b5-3-,9-4-,13-10+. The van der Waals surface area contributed by atoms with Crippen LogP contribution in [-0.2, 0) is 0 Å². The van der Waals surface area contributed by atoms with Crippen LogP contribution in [0, 0.1) is 0 Å². The number of hydrogen-bond acceptors (Lipinski definition) is 0. The SMILES string of the molecule is C\C=C/C=C(Bc1ccccc1)\C=C/C. The van der Waals surface area contributed by atoms with Crippen LogP contribution in [0.2, 0.25) is 0 Å². The molecule has 0 heterocycles. The first-order valence-electron chi connectivity index (χ1n) is 5.35. The lowest BCUT2D eigenvalue weighted by molar-refractivity contribution is 1.67. The minimum Gasteiger partial charge on any atom is -0.0882 e. The zero-order chi connectivity index (χ0) is 10.9. The number of benzene rings is 1. The van der Waals surface area contributed by atoms with E-state index in [9.17, 15) is 0 Å². The molecule has 15 heavy (non-hydrogen) atoms. The van der Waals surface area contributed by atoms with Crippen LogP contribution in [-0.4, -0.2) is 7.28 Å².